The van der Waals surface area contributed by atoms with Crippen molar-refractivity contribution in [2.24, 2.45) is 10.9 Å². The minimum absolute atomic E-state index is 0.0397. The Labute approximate surface area is 113 Å². The zero-order valence-electron chi connectivity index (χ0n) is 11.5. The molecule has 0 spiro atoms. The summed E-state index contributed by atoms with van der Waals surface area (Å²) in [7, 11) is 4.27. The highest BCUT2D eigenvalue weighted by atomic mass is 16.4. The van der Waals surface area contributed by atoms with E-state index in [-0.39, 0.29) is 5.84 Å². The summed E-state index contributed by atoms with van der Waals surface area (Å²) in [5.41, 5.74) is 7.08. The van der Waals surface area contributed by atoms with Crippen molar-refractivity contribution < 1.29 is 5.21 Å². The van der Waals surface area contributed by atoms with Crippen LogP contribution in [0.15, 0.2) is 23.5 Å². The molecule has 6 heteroatoms. The lowest BCUT2D eigenvalue weighted by Crippen LogP contribution is -2.42. The van der Waals surface area contributed by atoms with Crippen LogP contribution < -0.4 is 10.6 Å². The molecule has 1 aliphatic rings. The van der Waals surface area contributed by atoms with Crippen LogP contribution in [-0.4, -0.2) is 54.2 Å². The predicted molar refractivity (Wildman–Crippen MR) is 75.7 cm³/mol. The van der Waals surface area contributed by atoms with Crippen LogP contribution >= 0.6 is 0 Å². The monoisotopic (exact) mass is 263 g/mol. The van der Waals surface area contributed by atoms with Crippen LogP contribution in [0.5, 0.6) is 0 Å². The van der Waals surface area contributed by atoms with Crippen molar-refractivity contribution in [1.82, 2.24) is 9.88 Å². The van der Waals surface area contributed by atoms with E-state index < -0.39 is 0 Å². The normalized spacial score (nSPS) is 18.1. The molecule has 2 heterocycles. The molecule has 1 aromatic rings. The SMILES string of the molecule is CN(C)C1CCN(c2ccc(/C(N)=N/O)nc2)CC1. The molecule has 0 radical (unpaired) electrons. The van der Waals surface area contributed by atoms with E-state index in [2.05, 4.69) is 34.0 Å². The maximum atomic E-state index is 8.60. The van der Waals surface area contributed by atoms with Crippen LogP contribution in [0.25, 0.3) is 0 Å². The lowest BCUT2D eigenvalue weighted by Gasteiger charge is -2.36. The second kappa shape index (κ2) is 5.88. The summed E-state index contributed by atoms with van der Waals surface area (Å²) in [4.78, 5) is 8.82. The number of nitrogens with two attached hydrogens (primary N) is 1. The van der Waals surface area contributed by atoms with Crippen molar-refractivity contribution >= 4 is 11.5 Å². The van der Waals surface area contributed by atoms with Crippen LogP contribution in [0.4, 0.5) is 5.69 Å². The first kappa shape index (κ1) is 13.6. The Hall–Kier alpha value is -1.82. The van der Waals surface area contributed by atoms with Crippen LogP contribution in [0.1, 0.15) is 18.5 Å². The summed E-state index contributed by atoms with van der Waals surface area (Å²) in [6.45, 7) is 2.07. The van der Waals surface area contributed by atoms with Gasteiger partial charge in [-0.05, 0) is 39.1 Å². The van der Waals surface area contributed by atoms with Gasteiger partial charge in [0, 0.05) is 19.1 Å². The van der Waals surface area contributed by atoms with Crippen LogP contribution in [0, 0.1) is 0 Å². The fourth-order valence-corrected chi connectivity index (χ4v) is 2.42. The minimum atomic E-state index is 0.0397. The van der Waals surface area contributed by atoms with Crippen molar-refractivity contribution in [3.63, 3.8) is 0 Å². The maximum absolute atomic E-state index is 8.60. The Bertz CT molecular complexity index is 435. The van der Waals surface area contributed by atoms with Gasteiger partial charge in [-0.25, -0.2) is 0 Å². The fourth-order valence-electron chi connectivity index (χ4n) is 2.42. The van der Waals surface area contributed by atoms with E-state index in [9.17, 15) is 0 Å². The minimum Gasteiger partial charge on any atom is -0.409 e. The van der Waals surface area contributed by atoms with Gasteiger partial charge >= 0.3 is 0 Å². The lowest BCUT2D eigenvalue weighted by atomic mass is 10.0. The third-order valence-electron chi connectivity index (χ3n) is 3.68. The van der Waals surface area contributed by atoms with E-state index in [1.54, 1.807) is 12.3 Å². The van der Waals surface area contributed by atoms with E-state index in [0.29, 0.717) is 11.7 Å². The number of aromatic nitrogens is 1. The van der Waals surface area contributed by atoms with E-state index in [0.717, 1.165) is 31.6 Å². The van der Waals surface area contributed by atoms with E-state index in [1.807, 2.05) is 6.07 Å². The molecule has 0 unspecified atom stereocenters. The average molecular weight is 263 g/mol. The largest absolute Gasteiger partial charge is 0.409 e. The van der Waals surface area contributed by atoms with Gasteiger partial charge in [-0.15, -0.1) is 0 Å². The highest BCUT2D eigenvalue weighted by Crippen LogP contribution is 2.21. The molecule has 0 amide bonds. The molecule has 0 atom stereocenters. The van der Waals surface area contributed by atoms with Crippen molar-refractivity contribution in [3.05, 3.63) is 24.0 Å². The van der Waals surface area contributed by atoms with Gasteiger partial charge in [-0.1, -0.05) is 5.16 Å². The fraction of sp³-hybridized carbons (Fsp3) is 0.538. The standard InChI is InChI=1S/C13H21N5O/c1-17(2)10-5-7-18(8-6-10)11-3-4-12(15-9-11)13(14)16-19/h3-4,9-10,19H,5-8H2,1-2H3,(H2,14,16). The summed E-state index contributed by atoms with van der Waals surface area (Å²) in [5, 5.41) is 11.5. The molecule has 6 nitrogen and oxygen atoms in total. The number of hydrogen-bond acceptors (Lipinski definition) is 5. The Morgan fingerprint density at radius 3 is 2.58 bits per heavy atom. The predicted octanol–water partition coefficient (Wildman–Crippen LogP) is 0.707. The van der Waals surface area contributed by atoms with Gasteiger partial charge in [-0.3, -0.25) is 4.98 Å². The summed E-state index contributed by atoms with van der Waals surface area (Å²) in [5.74, 6) is 0.0397. The maximum Gasteiger partial charge on any atom is 0.188 e. The molecule has 0 saturated carbocycles. The molecule has 1 fully saturated rings. The Morgan fingerprint density at radius 2 is 2.11 bits per heavy atom. The van der Waals surface area contributed by atoms with Gasteiger partial charge in [0.05, 0.1) is 11.9 Å². The van der Waals surface area contributed by atoms with Gasteiger partial charge in [-0.2, -0.15) is 0 Å². The molecule has 1 aromatic heterocycles. The number of anilines is 1. The summed E-state index contributed by atoms with van der Waals surface area (Å²) < 4.78 is 0. The lowest BCUT2D eigenvalue weighted by molar-refractivity contribution is 0.249. The molecule has 1 saturated heterocycles. The smallest absolute Gasteiger partial charge is 0.188 e. The van der Waals surface area contributed by atoms with Crippen molar-refractivity contribution in [2.45, 2.75) is 18.9 Å². The first-order chi connectivity index (χ1) is 9.11. The molecule has 0 aromatic carbocycles. The summed E-state index contributed by atoms with van der Waals surface area (Å²) in [6.07, 6.45) is 4.10. The highest BCUT2D eigenvalue weighted by Gasteiger charge is 2.20. The highest BCUT2D eigenvalue weighted by molar-refractivity contribution is 5.95. The van der Waals surface area contributed by atoms with E-state index in [1.165, 1.54) is 0 Å². The average Bonchev–Trinajstić information content (AvgIpc) is 2.46. The van der Waals surface area contributed by atoms with Gasteiger partial charge < -0.3 is 20.7 Å². The molecular formula is C13H21N5O. The number of pyridine rings is 1. The van der Waals surface area contributed by atoms with Crippen molar-refractivity contribution in [3.8, 4) is 0 Å². The summed E-state index contributed by atoms with van der Waals surface area (Å²) in [6, 6.07) is 4.42. The van der Waals surface area contributed by atoms with Crippen molar-refractivity contribution in [1.29, 1.82) is 0 Å². The second-order valence-corrected chi connectivity index (χ2v) is 5.07. The second-order valence-electron chi connectivity index (χ2n) is 5.07. The molecule has 2 rings (SSSR count). The molecular weight excluding hydrogens is 242 g/mol. The molecule has 3 N–H and O–H groups in total. The topological polar surface area (TPSA) is 78.0 Å². The molecule has 0 bridgehead atoms. The van der Waals surface area contributed by atoms with Crippen LogP contribution in [0.2, 0.25) is 0 Å². The third-order valence-corrected chi connectivity index (χ3v) is 3.68. The van der Waals surface area contributed by atoms with Gasteiger partial charge in [0.25, 0.3) is 0 Å². The Balaban J connectivity index is 2.00. The molecule has 0 aliphatic carbocycles. The van der Waals surface area contributed by atoms with E-state index in [4.69, 9.17) is 10.9 Å². The zero-order chi connectivity index (χ0) is 13.8. The number of amidine groups is 1. The van der Waals surface area contributed by atoms with E-state index >= 15 is 0 Å². The third kappa shape index (κ3) is 3.14. The molecule has 19 heavy (non-hydrogen) atoms. The summed E-state index contributed by atoms with van der Waals surface area (Å²) >= 11 is 0. The number of piperidine rings is 1. The van der Waals surface area contributed by atoms with Crippen LogP contribution in [-0.2, 0) is 0 Å². The quantitative estimate of drug-likeness (QED) is 0.363. The van der Waals surface area contributed by atoms with Gasteiger partial charge in [0.2, 0.25) is 0 Å². The molecule has 1 aliphatic heterocycles. The molecule has 104 valence electrons. The zero-order valence-corrected chi connectivity index (χ0v) is 11.5. The number of nitrogens with zero attached hydrogens (tertiary/aromatic N) is 4. The first-order valence-corrected chi connectivity index (χ1v) is 6.47. The Kier molecular flexibility index (Phi) is 4.21. The van der Waals surface area contributed by atoms with Gasteiger partial charge in [0.1, 0.15) is 5.69 Å². The first-order valence-electron chi connectivity index (χ1n) is 6.47. The Morgan fingerprint density at radius 1 is 1.42 bits per heavy atom. The number of rotatable bonds is 3. The number of oxime groups is 1. The van der Waals surface area contributed by atoms with Gasteiger partial charge in [0.15, 0.2) is 5.84 Å². The number of hydrogen-bond donors (Lipinski definition) is 2. The van der Waals surface area contributed by atoms with Crippen LogP contribution in [0.3, 0.4) is 0 Å². The van der Waals surface area contributed by atoms with Crippen molar-refractivity contribution in [2.75, 3.05) is 32.1 Å².